The maximum Gasteiger partial charge on any atom is 0.258 e. The van der Waals surface area contributed by atoms with Crippen LogP contribution >= 0.6 is 0 Å². The molecule has 2 amide bonds. The molecule has 2 aromatic rings. The van der Waals surface area contributed by atoms with Crippen molar-refractivity contribution in [2.75, 3.05) is 4.90 Å². The second-order valence-electron chi connectivity index (χ2n) is 7.02. The minimum Gasteiger partial charge on any atom is -0.373 e. The highest BCUT2D eigenvalue weighted by Crippen LogP contribution is 2.48. The van der Waals surface area contributed by atoms with Gasteiger partial charge in [0.2, 0.25) is 11.8 Å². The Hall–Kier alpha value is -2.54. The lowest BCUT2D eigenvalue weighted by atomic mass is 9.81. The Morgan fingerprint density at radius 1 is 1.12 bits per heavy atom. The Balaban J connectivity index is 1.41. The maximum atomic E-state index is 12.7. The largest absolute Gasteiger partial charge is 0.373 e. The van der Waals surface area contributed by atoms with E-state index in [1.165, 1.54) is 0 Å². The number of fused-ring (bicyclic) bond motifs is 5. The summed E-state index contributed by atoms with van der Waals surface area (Å²) in [5, 5.41) is 4.38. The Morgan fingerprint density at radius 2 is 1.80 bits per heavy atom. The summed E-state index contributed by atoms with van der Waals surface area (Å²) in [5.74, 6) is -0.951. The number of amides is 2. The van der Waals surface area contributed by atoms with E-state index in [0.717, 1.165) is 28.9 Å². The van der Waals surface area contributed by atoms with Crippen LogP contribution in [0.15, 0.2) is 30.6 Å². The topological polar surface area (TPSA) is 77.3 Å². The van der Waals surface area contributed by atoms with E-state index < -0.39 is 0 Å². The van der Waals surface area contributed by atoms with Gasteiger partial charge < -0.3 is 4.74 Å². The number of imide groups is 1. The lowest BCUT2D eigenvalue weighted by Gasteiger charge is -2.14. The van der Waals surface area contributed by atoms with Crippen molar-refractivity contribution in [3.8, 4) is 0 Å². The zero-order chi connectivity index (χ0) is 17.1. The van der Waals surface area contributed by atoms with Crippen molar-refractivity contribution in [2.45, 2.75) is 38.5 Å². The highest BCUT2D eigenvalue weighted by molar-refractivity contribution is 6.21. The van der Waals surface area contributed by atoms with Crippen molar-refractivity contribution >= 4 is 17.8 Å². The van der Waals surface area contributed by atoms with E-state index in [-0.39, 0.29) is 41.8 Å². The minimum atomic E-state index is -0.352. The molecule has 3 saturated heterocycles. The van der Waals surface area contributed by atoms with Crippen LogP contribution in [-0.4, -0.2) is 38.8 Å². The van der Waals surface area contributed by atoms with Gasteiger partial charge >= 0.3 is 0 Å². The third kappa shape index (κ3) is 2.08. The predicted octanol–water partition coefficient (Wildman–Crippen LogP) is 1.30. The molecule has 1 aromatic carbocycles. The summed E-state index contributed by atoms with van der Waals surface area (Å²) in [6.45, 7) is 2.59. The molecule has 128 valence electrons. The number of anilines is 1. The Kier molecular flexibility index (Phi) is 3.09. The number of hydrogen-bond acceptors (Lipinski definition) is 5. The second-order valence-corrected chi connectivity index (χ2v) is 7.02. The summed E-state index contributed by atoms with van der Waals surface area (Å²) in [6.07, 6.45) is 3.04. The molecule has 0 radical (unpaired) electrons. The van der Waals surface area contributed by atoms with Crippen molar-refractivity contribution < 1.29 is 14.3 Å². The van der Waals surface area contributed by atoms with Crippen molar-refractivity contribution in [2.24, 2.45) is 11.8 Å². The van der Waals surface area contributed by atoms with Gasteiger partial charge in [0.25, 0.3) is 5.95 Å². The van der Waals surface area contributed by atoms with Crippen molar-refractivity contribution in [3.05, 3.63) is 41.7 Å². The Bertz CT molecular complexity index is 849. The fourth-order valence-electron chi connectivity index (χ4n) is 4.33. The molecule has 0 N–H and O–H groups in total. The smallest absolute Gasteiger partial charge is 0.258 e. The standard InChI is InChI=1S/C18H18N4O3/c1-10-4-2-3-5-11(10)8-21-9-19-18(20-21)22-16(23)14-12-6-7-13(25-12)15(14)17(22)24/h2-5,9,12-15H,6-8H2,1H3/t12-,13-,14-,15+/m1/s1. The molecule has 7 nitrogen and oxygen atoms in total. The molecule has 3 aliphatic rings. The van der Waals surface area contributed by atoms with Gasteiger partial charge in [-0.05, 0) is 30.9 Å². The van der Waals surface area contributed by atoms with Crippen LogP contribution in [0.5, 0.6) is 0 Å². The molecule has 0 spiro atoms. The molecule has 7 heteroatoms. The van der Waals surface area contributed by atoms with Crippen LogP contribution in [0.25, 0.3) is 0 Å². The minimum absolute atomic E-state index is 0.120. The molecule has 0 saturated carbocycles. The van der Waals surface area contributed by atoms with E-state index in [1.54, 1.807) is 11.0 Å². The van der Waals surface area contributed by atoms with E-state index in [9.17, 15) is 9.59 Å². The highest BCUT2D eigenvalue weighted by Gasteiger charge is 2.63. The number of rotatable bonds is 3. The van der Waals surface area contributed by atoms with Gasteiger partial charge in [-0.3, -0.25) is 9.59 Å². The third-order valence-corrected chi connectivity index (χ3v) is 5.60. The average molecular weight is 338 g/mol. The van der Waals surface area contributed by atoms with E-state index >= 15 is 0 Å². The first-order chi connectivity index (χ1) is 12.1. The fraction of sp³-hybridized carbons (Fsp3) is 0.444. The first-order valence-corrected chi connectivity index (χ1v) is 8.61. The zero-order valence-electron chi connectivity index (χ0n) is 13.8. The second kappa shape index (κ2) is 5.23. The molecular formula is C18H18N4O3. The fourth-order valence-corrected chi connectivity index (χ4v) is 4.33. The summed E-state index contributed by atoms with van der Waals surface area (Å²) < 4.78 is 7.41. The number of hydrogen-bond donors (Lipinski definition) is 0. The summed E-state index contributed by atoms with van der Waals surface area (Å²) >= 11 is 0. The van der Waals surface area contributed by atoms with Gasteiger partial charge in [0.05, 0.1) is 30.6 Å². The first-order valence-electron chi connectivity index (χ1n) is 8.61. The number of carbonyl (C=O) groups is 2. The van der Waals surface area contributed by atoms with Crippen molar-refractivity contribution in [3.63, 3.8) is 0 Å². The lowest BCUT2D eigenvalue weighted by Crippen LogP contribution is -2.35. The molecular weight excluding hydrogens is 320 g/mol. The molecule has 3 fully saturated rings. The zero-order valence-corrected chi connectivity index (χ0v) is 13.8. The van der Waals surface area contributed by atoms with Gasteiger partial charge in [0.1, 0.15) is 6.33 Å². The molecule has 2 bridgehead atoms. The van der Waals surface area contributed by atoms with Crippen LogP contribution in [0.4, 0.5) is 5.95 Å². The third-order valence-electron chi connectivity index (χ3n) is 5.60. The first kappa shape index (κ1) is 14.8. The average Bonchev–Trinajstić information content (AvgIpc) is 3.35. The van der Waals surface area contributed by atoms with Gasteiger partial charge in [-0.15, -0.1) is 5.10 Å². The van der Waals surface area contributed by atoms with Gasteiger partial charge in [-0.2, -0.15) is 4.98 Å². The summed E-state index contributed by atoms with van der Waals surface area (Å²) in [5.41, 5.74) is 2.29. The lowest BCUT2D eigenvalue weighted by molar-refractivity contribution is -0.124. The van der Waals surface area contributed by atoms with E-state index in [2.05, 4.69) is 10.1 Å². The molecule has 1 aromatic heterocycles. The number of ether oxygens (including phenoxy) is 1. The molecule has 0 unspecified atom stereocenters. The van der Waals surface area contributed by atoms with E-state index in [4.69, 9.17) is 4.74 Å². The van der Waals surface area contributed by atoms with Gasteiger partial charge in [-0.1, -0.05) is 24.3 Å². The van der Waals surface area contributed by atoms with Crippen LogP contribution in [0, 0.1) is 18.8 Å². The number of aryl methyl sites for hydroxylation is 1. The molecule has 5 rings (SSSR count). The normalized spacial score (nSPS) is 30.4. The molecule has 4 atom stereocenters. The number of aromatic nitrogens is 3. The summed E-state index contributed by atoms with van der Waals surface area (Å²) in [4.78, 5) is 30.9. The van der Waals surface area contributed by atoms with Crippen molar-refractivity contribution in [1.29, 1.82) is 0 Å². The van der Waals surface area contributed by atoms with E-state index in [1.807, 2.05) is 31.2 Å². The van der Waals surface area contributed by atoms with Crippen LogP contribution in [0.1, 0.15) is 24.0 Å². The maximum absolute atomic E-state index is 12.7. The molecule has 3 aliphatic heterocycles. The predicted molar refractivity (Wildman–Crippen MR) is 87.7 cm³/mol. The number of nitrogens with zero attached hydrogens (tertiary/aromatic N) is 4. The number of carbonyl (C=O) groups excluding carboxylic acids is 2. The quantitative estimate of drug-likeness (QED) is 0.789. The Labute approximate surface area is 144 Å². The monoisotopic (exact) mass is 338 g/mol. The molecule has 25 heavy (non-hydrogen) atoms. The van der Waals surface area contributed by atoms with Gasteiger partial charge in [-0.25, -0.2) is 9.58 Å². The molecule has 4 heterocycles. The van der Waals surface area contributed by atoms with E-state index in [0.29, 0.717) is 6.54 Å². The highest BCUT2D eigenvalue weighted by atomic mass is 16.5. The molecule has 0 aliphatic carbocycles. The van der Waals surface area contributed by atoms with Crippen molar-refractivity contribution in [1.82, 2.24) is 14.8 Å². The summed E-state index contributed by atoms with van der Waals surface area (Å²) in [6, 6.07) is 8.03. The van der Waals surface area contributed by atoms with Gasteiger partial charge in [0.15, 0.2) is 0 Å². The SMILES string of the molecule is Cc1ccccc1Cn1cnc(N2C(=O)[C@@H]3[C@H](C2=O)[C@H]2CC[C@H]3O2)n1. The van der Waals surface area contributed by atoms with Crippen LogP contribution in [0.3, 0.4) is 0 Å². The van der Waals surface area contributed by atoms with Gasteiger partial charge in [0, 0.05) is 0 Å². The van der Waals surface area contributed by atoms with Crippen LogP contribution in [-0.2, 0) is 20.9 Å². The van der Waals surface area contributed by atoms with Crippen LogP contribution < -0.4 is 4.90 Å². The number of benzene rings is 1. The summed E-state index contributed by atoms with van der Waals surface area (Å²) in [7, 11) is 0. The van der Waals surface area contributed by atoms with Crippen LogP contribution in [0.2, 0.25) is 0 Å². The Morgan fingerprint density at radius 3 is 2.48 bits per heavy atom.